The summed E-state index contributed by atoms with van der Waals surface area (Å²) in [5.41, 5.74) is 4.72. The van der Waals surface area contributed by atoms with Crippen molar-refractivity contribution in [3.05, 3.63) is 34.3 Å². The molecule has 1 aromatic rings. The molecule has 0 aliphatic rings. The lowest BCUT2D eigenvalue weighted by atomic mass is 10.2. The average molecular weight is 295 g/mol. The molecule has 0 atom stereocenters. The minimum absolute atomic E-state index is 1.11. The zero-order chi connectivity index (χ0) is 12.0. The van der Waals surface area contributed by atoms with E-state index in [0.29, 0.717) is 0 Å². The molecule has 0 unspecified atom stereocenters. The van der Waals surface area contributed by atoms with E-state index < -0.39 is 8.07 Å². The van der Waals surface area contributed by atoms with E-state index in [-0.39, 0.29) is 0 Å². The van der Waals surface area contributed by atoms with Crippen LogP contribution in [0.4, 0.5) is 0 Å². The zero-order valence-electron chi connectivity index (χ0n) is 10.3. The smallest absolute Gasteiger partial charge is 0.126 e. The van der Waals surface area contributed by atoms with E-state index in [4.69, 9.17) is 0 Å². The molecule has 2 heteroatoms. The lowest BCUT2D eigenvalue weighted by Crippen LogP contribution is -2.29. The van der Waals surface area contributed by atoms with Gasteiger partial charge in [0.2, 0.25) is 0 Å². The van der Waals surface area contributed by atoms with Crippen LogP contribution >= 0.6 is 15.9 Å². The van der Waals surface area contributed by atoms with Crippen LogP contribution < -0.4 is 0 Å². The molecule has 0 fully saturated rings. The Morgan fingerprint density at radius 1 is 1.12 bits per heavy atom. The van der Waals surface area contributed by atoms with Crippen LogP contribution in [0.3, 0.4) is 0 Å². The molecule has 0 aliphatic carbocycles. The molecule has 86 valence electrons. The van der Waals surface area contributed by atoms with Gasteiger partial charge in [-0.05, 0) is 36.3 Å². The largest absolute Gasteiger partial charge is 0.138 e. The molecule has 0 aromatic heterocycles. The fraction of sp³-hybridized carbons (Fsp3) is 0.429. The second kappa shape index (κ2) is 6.27. The highest BCUT2D eigenvalue weighted by Gasteiger charge is 2.23. The molecule has 1 rings (SSSR count). The first-order chi connectivity index (χ1) is 7.65. The van der Waals surface area contributed by atoms with E-state index in [0.717, 1.165) is 10.0 Å². The maximum atomic E-state index is 3.59. The first-order valence-corrected chi connectivity index (χ1v) is 9.36. The maximum absolute atomic E-state index is 3.59. The van der Waals surface area contributed by atoms with Gasteiger partial charge in [-0.25, -0.2) is 0 Å². The second-order valence-electron chi connectivity index (χ2n) is 4.10. The van der Waals surface area contributed by atoms with Gasteiger partial charge in [-0.2, -0.15) is 0 Å². The van der Waals surface area contributed by atoms with Crippen molar-refractivity contribution in [3.8, 4) is 11.5 Å². The van der Waals surface area contributed by atoms with Gasteiger partial charge in [0.05, 0.1) is 0 Å². The van der Waals surface area contributed by atoms with Crippen LogP contribution in [0.25, 0.3) is 0 Å². The van der Waals surface area contributed by atoms with Gasteiger partial charge in [0.25, 0.3) is 0 Å². The van der Waals surface area contributed by atoms with Gasteiger partial charge in [-0.15, -0.1) is 5.54 Å². The van der Waals surface area contributed by atoms with Gasteiger partial charge in [0.15, 0.2) is 0 Å². The van der Waals surface area contributed by atoms with E-state index >= 15 is 0 Å². The number of hydrogen-bond donors (Lipinski definition) is 0. The normalized spacial score (nSPS) is 10.8. The van der Waals surface area contributed by atoms with Crippen LogP contribution in [0.5, 0.6) is 0 Å². The Labute approximate surface area is 109 Å². The minimum Gasteiger partial charge on any atom is -0.126 e. The summed E-state index contributed by atoms with van der Waals surface area (Å²) in [7, 11) is -1.29. The molecule has 0 bridgehead atoms. The molecule has 0 heterocycles. The van der Waals surface area contributed by atoms with Crippen molar-refractivity contribution in [2.45, 2.75) is 38.9 Å². The molecule has 0 saturated carbocycles. The fourth-order valence-corrected chi connectivity index (χ4v) is 4.63. The molecule has 16 heavy (non-hydrogen) atoms. The standard InChI is InChI=1S/C14H19BrSi/c1-4-16(5-2,6-3)11-10-13-8-7-9-14(15)12-13/h7-9,12H,4-6H2,1-3H3. The molecule has 0 N–H and O–H groups in total. The van der Waals surface area contributed by atoms with Crippen molar-refractivity contribution in [3.63, 3.8) is 0 Å². The van der Waals surface area contributed by atoms with Crippen molar-refractivity contribution in [1.29, 1.82) is 0 Å². The van der Waals surface area contributed by atoms with E-state index in [2.05, 4.69) is 60.3 Å². The average Bonchev–Trinajstić information content (AvgIpc) is 2.32. The molecule has 1 aromatic carbocycles. The van der Waals surface area contributed by atoms with Crippen molar-refractivity contribution in [2.75, 3.05) is 0 Å². The predicted octanol–water partition coefficient (Wildman–Crippen LogP) is 4.85. The van der Waals surface area contributed by atoms with E-state index in [1.807, 2.05) is 12.1 Å². The fourth-order valence-electron chi connectivity index (χ4n) is 1.79. The van der Waals surface area contributed by atoms with Gasteiger partial charge >= 0.3 is 0 Å². The zero-order valence-corrected chi connectivity index (χ0v) is 12.9. The van der Waals surface area contributed by atoms with Gasteiger partial charge in [-0.1, -0.05) is 48.7 Å². The highest BCUT2D eigenvalue weighted by Crippen LogP contribution is 2.19. The third-order valence-corrected chi connectivity index (χ3v) is 8.54. The summed E-state index contributed by atoms with van der Waals surface area (Å²) in [6, 6.07) is 12.0. The molecule has 0 saturated heterocycles. The molecular weight excluding hydrogens is 276 g/mol. The van der Waals surface area contributed by atoms with Crippen LogP contribution in [0.15, 0.2) is 28.7 Å². The Bertz CT molecular complexity index is 388. The Balaban J connectivity index is 2.95. The second-order valence-corrected chi connectivity index (χ2v) is 9.95. The van der Waals surface area contributed by atoms with Crippen LogP contribution in [0.1, 0.15) is 26.3 Å². The lowest BCUT2D eigenvalue weighted by molar-refractivity contribution is 1.20. The minimum atomic E-state index is -1.29. The van der Waals surface area contributed by atoms with Crippen molar-refractivity contribution in [1.82, 2.24) is 0 Å². The molecular formula is C14H19BrSi. The summed E-state index contributed by atoms with van der Waals surface area (Å²) < 4.78 is 1.11. The van der Waals surface area contributed by atoms with Gasteiger partial charge in [0.1, 0.15) is 8.07 Å². The first-order valence-electron chi connectivity index (χ1n) is 5.94. The quantitative estimate of drug-likeness (QED) is 0.552. The van der Waals surface area contributed by atoms with Crippen LogP contribution in [0, 0.1) is 11.5 Å². The highest BCUT2D eigenvalue weighted by molar-refractivity contribution is 9.10. The van der Waals surface area contributed by atoms with Crippen LogP contribution in [0.2, 0.25) is 18.1 Å². The van der Waals surface area contributed by atoms with Gasteiger partial charge < -0.3 is 0 Å². The number of hydrogen-bond acceptors (Lipinski definition) is 0. The topological polar surface area (TPSA) is 0 Å². The Morgan fingerprint density at radius 3 is 2.25 bits per heavy atom. The first kappa shape index (κ1) is 13.5. The monoisotopic (exact) mass is 294 g/mol. The molecule has 0 amide bonds. The third-order valence-electron chi connectivity index (χ3n) is 3.33. The molecule has 0 nitrogen and oxygen atoms in total. The number of rotatable bonds is 3. The molecule has 0 spiro atoms. The van der Waals surface area contributed by atoms with Crippen molar-refractivity contribution >= 4 is 24.0 Å². The predicted molar refractivity (Wildman–Crippen MR) is 78.2 cm³/mol. The highest BCUT2D eigenvalue weighted by atomic mass is 79.9. The summed E-state index contributed by atoms with van der Waals surface area (Å²) in [5, 5.41) is 0. The number of halogens is 1. The van der Waals surface area contributed by atoms with Crippen LogP contribution in [-0.4, -0.2) is 8.07 Å². The summed E-state index contributed by atoms with van der Waals surface area (Å²) in [6.07, 6.45) is 0. The lowest BCUT2D eigenvalue weighted by Gasteiger charge is -2.19. The van der Waals surface area contributed by atoms with E-state index in [1.165, 1.54) is 18.1 Å². The maximum Gasteiger partial charge on any atom is 0.138 e. The summed E-state index contributed by atoms with van der Waals surface area (Å²) >= 11 is 3.48. The summed E-state index contributed by atoms with van der Waals surface area (Å²) in [5.74, 6) is 3.36. The molecule has 0 radical (unpaired) electrons. The summed E-state index contributed by atoms with van der Waals surface area (Å²) in [6.45, 7) is 6.86. The van der Waals surface area contributed by atoms with Crippen molar-refractivity contribution < 1.29 is 0 Å². The van der Waals surface area contributed by atoms with Gasteiger partial charge in [-0.3, -0.25) is 0 Å². The Kier molecular flexibility index (Phi) is 5.31. The Hall–Kier alpha value is -0.523. The van der Waals surface area contributed by atoms with E-state index in [1.54, 1.807) is 0 Å². The summed E-state index contributed by atoms with van der Waals surface area (Å²) in [4.78, 5) is 0. The van der Waals surface area contributed by atoms with Crippen LogP contribution in [-0.2, 0) is 0 Å². The van der Waals surface area contributed by atoms with Gasteiger partial charge in [0, 0.05) is 10.0 Å². The molecule has 0 aliphatic heterocycles. The Morgan fingerprint density at radius 2 is 1.75 bits per heavy atom. The van der Waals surface area contributed by atoms with E-state index in [9.17, 15) is 0 Å². The van der Waals surface area contributed by atoms with Crippen molar-refractivity contribution in [2.24, 2.45) is 0 Å². The third kappa shape index (κ3) is 3.50. The number of benzene rings is 1. The SMILES string of the molecule is CC[Si](C#Cc1cccc(Br)c1)(CC)CC.